The fourth-order valence-electron chi connectivity index (χ4n) is 1.35. The van der Waals surface area contributed by atoms with Gasteiger partial charge in [-0.05, 0) is 28.8 Å². The first-order chi connectivity index (χ1) is 6.68. The van der Waals surface area contributed by atoms with Crippen LogP contribution < -0.4 is 5.73 Å². The Kier molecular flexibility index (Phi) is 2.35. The number of nitrogens with zero attached hydrogens (tertiary/aromatic N) is 3. The summed E-state index contributed by atoms with van der Waals surface area (Å²) in [5, 5.41) is 12.4. The highest BCUT2D eigenvalue weighted by molar-refractivity contribution is 7.08. The monoisotopic (exact) mass is 208 g/mol. The molecule has 2 aromatic heterocycles. The molecule has 0 fully saturated rings. The minimum Gasteiger partial charge on any atom is -0.319 e. The van der Waals surface area contributed by atoms with Crippen molar-refractivity contribution < 1.29 is 0 Å². The van der Waals surface area contributed by atoms with Crippen LogP contribution in [0.25, 0.3) is 0 Å². The van der Waals surface area contributed by atoms with Crippen molar-refractivity contribution in [2.24, 2.45) is 12.8 Å². The van der Waals surface area contributed by atoms with Gasteiger partial charge in [0.05, 0.1) is 12.2 Å². The van der Waals surface area contributed by atoms with E-state index in [1.165, 1.54) is 10.4 Å². The third kappa shape index (κ3) is 1.56. The molecule has 0 bridgehead atoms. The summed E-state index contributed by atoms with van der Waals surface area (Å²) in [7, 11) is 1.79. The van der Waals surface area contributed by atoms with E-state index in [1.807, 2.05) is 0 Å². The summed E-state index contributed by atoms with van der Waals surface area (Å²) in [4.78, 5) is 1.52. The van der Waals surface area contributed by atoms with Crippen molar-refractivity contribution >= 4 is 11.3 Å². The van der Waals surface area contributed by atoms with Crippen LogP contribution >= 0.6 is 11.3 Å². The summed E-state index contributed by atoms with van der Waals surface area (Å²) in [6.07, 6.45) is 1.71. The van der Waals surface area contributed by atoms with Crippen LogP contribution in [0, 0.1) is 6.92 Å². The zero-order valence-electron chi connectivity index (χ0n) is 8.14. The first-order valence-corrected chi connectivity index (χ1v) is 5.27. The summed E-state index contributed by atoms with van der Waals surface area (Å²) in [6, 6.07) is -0.157. The Morgan fingerprint density at radius 2 is 2.29 bits per heavy atom. The van der Waals surface area contributed by atoms with Crippen LogP contribution in [0.4, 0.5) is 0 Å². The summed E-state index contributed by atoms with van der Waals surface area (Å²) in [6.45, 7) is 2.06. The van der Waals surface area contributed by atoms with E-state index in [1.54, 1.807) is 24.6 Å². The molecule has 4 nitrogen and oxygen atoms in total. The number of hydrogen-bond donors (Lipinski definition) is 1. The van der Waals surface area contributed by atoms with Crippen molar-refractivity contribution in [2.45, 2.75) is 13.0 Å². The topological polar surface area (TPSA) is 56.7 Å². The van der Waals surface area contributed by atoms with Crippen LogP contribution in [0.2, 0.25) is 0 Å². The number of aromatic nitrogens is 3. The highest BCUT2D eigenvalue weighted by Gasteiger charge is 2.14. The van der Waals surface area contributed by atoms with Gasteiger partial charge in [0.2, 0.25) is 0 Å². The van der Waals surface area contributed by atoms with E-state index in [-0.39, 0.29) is 6.04 Å². The van der Waals surface area contributed by atoms with Gasteiger partial charge in [0.1, 0.15) is 5.69 Å². The molecule has 0 aliphatic heterocycles. The number of nitrogens with two attached hydrogens (primary N) is 1. The molecule has 5 heteroatoms. The largest absolute Gasteiger partial charge is 0.319 e. The Labute approximate surface area is 86.4 Å². The second-order valence-corrected chi connectivity index (χ2v) is 3.99. The third-order valence-corrected chi connectivity index (χ3v) is 3.05. The van der Waals surface area contributed by atoms with Crippen molar-refractivity contribution in [3.63, 3.8) is 0 Å². The molecule has 0 saturated carbocycles. The maximum atomic E-state index is 6.07. The molecule has 0 amide bonds. The van der Waals surface area contributed by atoms with Crippen LogP contribution in [-0.2, 0) is 7.05 Å². The number of rotatable bonds is 2. The molecule has 2 N–H and O–H groups in total. The zero-order chi connectivity index (χ0) is 10.1. The highest BCUT2D eigenvalue weighted by atomic mass is 32.1. The van der Waals surface area contributed by atoms with Crippen molar-refractivity contribution in [3.05, 3.63) is 33.8 Å². The molecule has 1 atom stereocenters. The number of aryl methyl sites for hydroxylation is 2. The Bertz CT molecular complexity index is 431. The van der Waals surface area contributed by atoms with Crippen LogP contribution in [0.3, 0.4) is 0 Å². The lowest BCUT2D eigenvalue weighted by atomic mass is 10.1. The maximum absolute atomic E-state index is 6.07. The van der Waals surface area contributed by atoms with Gasteiger partial charge in [-0.1, -0.05) is 0 Å². The molecule has 74 valence electrons. The molecule has 2 rings (SSSR count). The average molecular weight is 208 g/mol. The van der Waals surface area contributed by atoms with Crippen LogP contribution in [0.5, 0.6) is 0 Å². The molecule has 1 unspecified atom stereocenters. The average Bonchev–Trinajstić information content (AvgIpc) is 2.73. The normalized spacial score (nSPS) is 13.1. The van der Waals surface area contributed by atoms with Gasteiger partial charge in [0.15, 0.2) is 0 Å². The predicted octanol–water partition coefficient (Wildman–Crippen LogP) is 1.23. The summed E-state index contributed by atoms with van der Waals surface area (Å²) >= 11 is 1.66. The maximum Gasteiger partial charge on any atom is 0.104 e. The van der Waals surface area contributed by atoms with Crippen molar-refractivity contribution in [1.29, 1.82) is 0 Å². The molecule has 0 aromatic carbocycles. The van der Waals surface area contributed by atoms with Gasteiger partial charge in [0, 0.05) is 7.05 Å². The lowest BCUT2D eigenvalue weighted by Crippen LogP contribution is -2.13. The summed E-state index contributed by atoms with van der Waals surface area (Å²) in [5.41, 5.74) is 9.23. The predicted molar refractivity (Wildman–Crippen MR) is 56.1 cm³/mol. The van der Waals surface area contributed by atoms with E-state index in [2.05, 4.69) is 27.9 Å². The second-order valence-electron chi connectivity index (χ2n) is 3.25. The molecule has 0 radical (unpaired) electrons. The second kappa shape index (κ2) is 3.51. The first kappa shape index (κ1) is 9.36. The Balaban J connectivity index is 2.33. The van der Waals surface area contributed by atoms with E-state index < -0.39 is 0 Å². The minimum atomic E-state index is -0.157. The Morgan fingerprint density at radius 1 is 1.50 bits per heavy atom. The van der Waals surface area contributed by atoms with E-state index in [0.29, 0.717) is 0 Å². The SMILES string of the molecule is Cc1cscc1C(N)c1cnn(C)n1. The quantitative estimate of drug-likeness (QED) is 0.807. The lowest BCUT2D eigenvalue weighted by Gasteiger charge is -2.06. The molecular weight excluding hydrogens is 196 g/mol. The summed E-state index contributed by atoms with van der Waals surface area (Å²) < 4.78 is 0. The van der Waals surface area contributed by atoms with E-state index in [4.69, 9.17) is 5.73 Å². The molecule has 0 aliphatic rings. The number of hydrogen-bond acceptors (Lipinski definition) is 4. The van der Waals surface area contributed by atoms with E-state index >= 15 is 0 Å². The molecular formula is C9H12N4S. The summed E-state index contributed by atoms with van der Waals surface area (Å²) in [5.74, 6) is 0. The van der Waals surface area contributed by atoms with Gasteiger partial charge in [0.25, 0.3) is 0 Å². The highest BCUT2D eigenvalue weighted by Crippen LogP contribution is 2.23. The van der Waals surface area contributed by atoms with Gasteiger partial charge in [-0.2, -0.15) is 26.3 Å². The molecule has 0 saturated heterocycles. The lowest BCUT2D eigenvalue weighted by molar-refractivity contribution is 0.637. The van der Waals surface area contributed by atoms with Gasteiger partial charge in [-0.25, -0.2) is 0 Å². The van der Waals surface area contributed by atoms with Crippen LogP contribution in [-0.4, -0.2) is 15.0 Å². The molecule has 2 aromatic rings. The van der Waals surface area contributed by atoms with Crippen molar-refractivity contribution in [1.82, 2.24) is 15.0 Å². The molecule has 0 aliphatic carbocycles. The third-order valence-electron chi connectivity index (χ3n) is 2.17. The van der Waals surface area contributed by atoms with Crippen molar-refractivity contribution in [3.8, 4) is 0 Å². The van der Waals surface area contributed by atoms with Gasteiger partial charge < -0.3 is 5.73 Å². The first-order valence-electron chi connectivity index (χ1n) is 4.33. The van der Waals surface area contributed by atoms with E-state index in [9.17, 15) is 0 Å². The van der Waals surface area contributed by atoms with Gasteiger partial charge >= 0.3 is 0 Å². The molecule has 2 heterocycles. The van der Waals surface area contributed by atoms with Gasteiger partial charge in [-0.3, -0.25) is 0 Å². The standard InChI is InChI=1S/C9H12N4S/c1-6-4-14-5-7(6)9(10)8-3-11-13(2)12-8/h3-5,9H,10H2,1-2H3. The zero-order valence-corrected chi connectivity index (χ0v) is 8.95. The Morgan fingerprint density at radius 3 is 2.79 bits per heavy atom. The van der Waals surface area contributed by atoms with E-state index in [0.717, 1.165) is 11.3 Å². The van der Waals surface area contributed by atoms with Crippen LogP contribution in [0.15, 0.2) is 17.0 Å². The minimum absolute atomic E-state index is 0.157. The van der Waals surface area contributed by atoms with Gasteiger partial charge in [-0.15, -0.1) is 0 Å². The number of thiophene rings is 1. The Hall–Kier alpha value is -1.20. The smallest absolute Gasteiger partial charge is 0.104 e. The van der Waals surface area contributed by atoms with Crippen molar-refractivity contribution in [2.75, 3.05) is 0 Å². The molecule has 14 heavy (non-hydrogen) atoms. The van der Waals surface area contributed by atoms with Crippen LogP contribution in [0.1, 0.15) is 22.9 Å². The fraction of sp³-hybridized carbons (Fsp3) is 0.333. The fourth-order valence-corrected chi connectivity index (χ4v) is 2.24. The molecule has 0 spiro atoms.